The summed E-state index contributed by atoms with van der Waals surface area (Å²) in [6.07, 6.45) is 2.83. The van der Waals surface area contributed by atoms with Crippen LogP contribution in [0.15, 0.2) is 12.5 Å². The van der Waals surface area contributed by atoms with Gasteiger partial charge in [-0.2, -0.15) is 5.10 Å². The van der Waals surface area contributed by atoms with E-state index in [1.165, 1.54) is 6.33 Å². The van der Waals surface area contributed by atoms with Gasteiger partial charge in [-0.05, 0) is 0 Å². The zero-order valence-corrected chi connectivity index (χ0v) is 9.10. The minimum atomic E-state index is -0.308. The van der Waals surface area contributed by atoms with E-state index in [1.807, 2.05) is 0 Å². The third-order valence-electron chi connectivity index (χ3n) is 2.21. The van der Waals surface area contributed by atoms with E-state index >= 15 is 0 Å². The van der Waals surface area contributed by atoms with E-state index in [0.29, 0.717) is 18.0 Å². The van der Waals surface area contributed by atoms with E-state index in [-0.39, 0.29) is 6.29 Å². The molecule has 0 aliphatic carbocycles. The number of ether oxygens (including phenoxy) is 2. The summed E-state index contributed by atoms with van der Waals surface area (Å²) >= 11 is 0. The van der Waals surface area contributed by atoms with Crippen LogP contribution in [0.5, 0.6) is 0 Å². The first-order valence-corrected chi connectivity index (χ1v) is 4.78. The van der Waals surface area contributed by atoms with Gasteiger partial charge in [-0.25, -0.2) is 9.97 Å². The molecule has 2 N–H and O–H groups in total. The molecule has 7 nitrogen and oxygen atoms in total. The summed E-state index contributed by atoms with van der Waals surface area (Å²) in [5.41, 5.74) is 0.698. The maximum atomic E-state index is 5.06. The molecule has 2 aromatic heterocycles. The van der Waals surface area contributed by atoms with Crippen LogP contribution in [0.25, 0.3) is 11.0 Å². The first-order chi connectivity index (χ1) is 7.85. The molecule has 2 heterocycles. The van der Waals surface area contributed by atoms with Crippen molar-refractivity contribution in [3.8, 4) is 0 Å². The molecule has 0 bridgehead atoms. The number of anilines is 1. The van der Waals surface area contributed by atoms with Crippen LogP contribution >= 0.6 is 0 Å². The van der Waals surface area contributed by atoms with Crippen molar-refractivity contribution in [1.29, 1.82) is 0 Å². The third-order valence-corrected chi connectivity index (χ3v) is 2.21. The van der Waals surface area contributed by atoms with Crippen molar-refractivity contribution in [3.63, 3.8) is 0 Å². The van der Waals surface area contributed by atoms with Gasteiger partial charge < -0.3 is 14.8 Å². The van der Waals surface area contributed by atoms with Gasteiger partial charge in [-0.15, -0.1) is 0 Å². The van der Waals surface area contributed by atoms with Crippen LogP contribution in [0.4, 0.5) is 5.82 Å². The van der Waals surface area contributed by atoms with Crippen molar-refractivity contribution in [2.75, 3.05) is 26.1 Å². The summed E-state index contributed by atoms with van der Waals surface area (Å²) in [6, 6.07) is 0. The van der Waals surface area contributed by atoms with Crippen molar-refractivity contribution in [3.05, 3.63) is 12.5 Å². The number of nitrogens with zero attached hydrogens (tertiary/aromatic N) is 3. The van der Waals surface area contributed by atoms with Gasteiger partial charge in [-0.3, -0.25) is 5.10 Å². The molecule has 2 aromatic rings. The Balaban J connectivity index is 2.11. The van der Waals surface area contributed by atoms with E-state index < -0.39 is 0 Å². The number of nitrogens with one attached hydrogen (secondary N) is 2. The predicted octanol–water partition coefficient (Wildman–Crippen LogP) is 0.384. The van der Waals surface area contributed by atoms with E-state index in [0.717, 1.165) is 5.39 Å². The monoisotopic (exact) mass is 223 g/mol. The van der Waals surface area contributed by atoms with Crippen LogP contribution in [0, 0.1) is 0 Å². The topological polar surface area (TPSA) is 85.0 Å². The van der Waals surface area contributed by atoms with Crippen LogP contribution in [-0.4, -0.2) is 47.2 Å². The average Bonchev–Trinajstić information content (AvgIpc) is 2.79. The van der Waals surface area contributed by atoms with Crippen LogP contribution in [0.3, 0.4) is 0 Å². The summed E-state index contributed by atoms with van der Waals surface area (Å²) in [6.45, 7) is 0.504. The number of aromatic nitrogens is 4. The molecule has 0 atom stereocenters. The number of rotatable bonds is 5. The lowest BCUT2D eigenvalue weighted by molar-refractivity contribution is -0.0914. The van der Waals surface area contributed by atoms with Crippen LogP contribution in [0.2, 0.25) is 0 Å². The van der Waals surface area contributed by atoms with Gasteiger partial charge in [0.05, 0.1) is 18.1 Å². The molecular formula is C9H13N5O2. The van der Waals surface area contributed by atoms with Crippen LogP contribution in [-0.2, 0) is 9.47 Å². The van der Waals surface area contributed by atoms with E-state index in [1.54, 1.807) is 20.4 Å². The van der Waals surface area contributed by atoms with Crippen molar-refractivity contribution in [2.24, 2.45) is 0 Å². The highest BCUT2D eigenvalue weighted by Crippen LogP contribution is 2.15. The predicted molar refractivity (Wildman–Crippen MR) is 58.0 cm³/mol. The summed E-state index contributed by atoms with van der Waals surface area (Å²) in [5.74, 6) is 0.706. The van der Waals surface area contributed by atoms with Gasteiger partial charge in [0.1, 0.15) is 12.1 Å². The third kappa shape index (κ3) is 2.10. The smallest absolute Gasteiger partial charge is 0.173 e. The molecule has 0 amide bonds. The van der Waals surface area contributed by atoms with Crippen molar-refractivity contribution in [2.45, 2.75) is 6.29 Å². The van der Waals surface area contributed by atoms with Gasteiger partial charge in [-0.1, -0.05) is 0 Å². The molecule has 0 aromatic carbocycles. The second-order valence-corrected chi connectivity index (χ2v) is 3.14. The molecule has 7 heteroatoms. The van der Waals surface area contributed by atoms with Gasteiger partial charge in [0.25, 0.3) is 0 Å². The second-order valence-electron chi connectivity index (χ2n) is 3.14. The number of aromatic amines is 1. The Morgan fingerprint density at radius 3 is 2.94 bits per heavy atom. The van der Waals surface area contributed by atoms with Crippen LogP contribution in [0.1, 0.15) is 0 Å². The van der Waals surface area contributed by atoms with Gasteiger partial charge in [0, 0.05) is 14.2 Å². The highest BCUT2D eigenvalue weighted by molar-refractivity contribution is 5.85. The quantitative estimate of drug-likeness (QED) is 0.713. The molecule has 0 fully saturated rings. The molecule has 86 valence electrons. The molecule has 16 heavy (non-hydrogen) atoms. The molecule has 0 radical (unpaired) electrons. The molecule has 2 rings (SSSR count). The standard InChI is InChI=1S/C9H13N5O2/c1-15-7(16-2)4-10-8-6-3-13-14-9(6)12-5-11-8/h3,5,7H,4H2,1-2H3,(H2,10,11,12,13,14). The SMILES string of the molecule is COC(CNc1ncnc2[nH]ncc12)OC. The maximum absolute atomic E-state index is 5.06. The van der Waals surface area contributed by atoms with E-state index in [2.05, 4.69) is 25.5 Å². The van der Waals surface area contributed by atoms with Crippen molar-refractivity contribution < 1.29 is 9.47 Å². The highest BCUT2D eigenvalue weighted by Gasteiger charge is 2.08. The summed E-state index contributed by atoms with van der Waals surface area (Å²) < 4.78 is 10.1. The summed E-state index contributed by atoms with van der Waals surface area (Å²) in [7, 11) is 3.17. The fraction of sp³-hybridized carbons (Fsp3) is 0.444. The lowest BCUT2D eigenvalue weighted by atomic mass is 10.4. The summed E-state index contributed by atoms with van der Waals surface area (Å²) in [4.78, 5) is 8.16. The fourth-order valence-electron chi connectivity index (χ4n) is 1.35. The fourth-order valence-corrected chi connectivity index (χ4v) is 1.35. The normalized spacial score (nSPS) is 11.2. The lowest BCUT2D eigenvalue weighted by Crippen LogP contribution is -2.24. The van der Waals surface area contributed by atoms with Crippen molar-refractivity contribution >= 4 is 16.9 Å². The molecule has 0 saturated carbocycles. The van der Waals surface area contributed by atoms with Gasteiger partial charge in [0.15, 0.2) is 11.9 Å². The van der Waals surface area contributed by atoms with E-state index in [4.69, 9.17) is 9.47 Å². The minimum Gasteiger partial charge on any atom is -0.364 e. The number of methoxy groups -OCH3 is 2. The Bertz CT molecular complexity index is 454. The number of hydrogen-bond acceptors (Lipinski definition) is 6. The molecule has 0 aliphatic rings. The largest absolute Gasteiger partial charge is 0.364 e. The molecular weight excluding hydrogens is 210 g/mol. The Morgan fingerprint density at radius 1 is 1.38 bits per heavy atom. The molecule has 0 unspecified atom stereocenters. The Kier molecular flexibility index (Phi) is 3.28. The minimum absolute atomic E-state index is 0.308. The second kappa shape index (κ2) is 4.86. The summed E-state index contributed by atoms with van der Waals surface area (Å²) in [5, 5.41) is 10.6. The zero-order chi connectivity index (χ0) is 11.4. The average molecular weight is 223 g/mol. The molecule has 0 spiro atoms. The van der Waals surface area contributed by atoms with Crippen LogP contribution < -0.4 is 5.32 Å². The molecule has 0 saturated heterocycles. The Morgan fingerprint density at radius 2 is 2.19 bits per heavy atom. The first kappa shape index (κ1) is 10.8. The van der Waals surface area contributed by atoms with Crippen molar-refractivity contribution in [1.82, 2.24) is 20.2 Å². The maximum Gasteiger partial charge on any atom is 0.173 e. The lowest BCUT2D eigenvalue weighted by Gasteiger charge is -2.14. The first-order valence-electron chi connectivity index (χ1n) is 4.78. The number of H-pyrrole nitrogens is 1. The zero-order valence-electron chi connectivity index (χ0n) is 9.10. The van der Waals surface area contributed by atoms with Gasteiger partial charge in [0.2, 0.25) is 0 Å². The molecule has 0 aliphatic heterocycles. The Hall–Kier alpha value is -1.73. The van der Waals surface area contributed by atoms with E-state index in [9.17, 15) is 0 Å². The number of fused-ring (bicyclic) bond motifs is 1. The number of hydrogen-bond donors (Lipinski definition) is 2. The highest BCUT2D eigenvalue weighted by atomic mass is 16.7. The Labute approximate surface area is 92.2 Å². The van der Waals surface area contributed by atoms with Gasteiger partial charge >= 0.3 is 0 Å².